The highest BCUT2D eigenvalue weighted by Crippen LogP contribution is 2.43. The number of ether oxygens (including phenoxy) is 3. The van der Waals surface area contributed by atoms with E-state index in [0.29, 0.717) is 29.9 Å². The number of ketones is 2. The van der Waals surface area contributed by atoms with E-state index in [0.717, 1.165) is 39.5 Å². The minimum absolute atomic E-state index is 0.0122. The zero-order chi connectivity index (χ0) is 35.2. The number of hydrogen-bond acceptors (Lipinski definition) is 10. The summed E-state index contributed by atoms with van der Waals surface area (Å²) >= 11 is 3.38. The molecule has 0 bridgehead atoms. The van der Waals surface area contributed by atoms with Crippen LogP contribution in [0.15, 0.2) is 70.5 Å². The second kappa shape index (κ2) is 19.3. The third-order valence-electron chi connectivity index (χ3n) is 7.98. The largest absolute Gasteiger partial charge is 0.507 e. The number of rotatable bonds is 19. The van der Waals surface area contributed by atoms with Gasteiger partial charge in [0.25, 0.3) is 0 Å². The Morgan fingerprint density at radius 2 is 1.54 bits per heavy atom. The lowest BCUT2D eigenvalue weighted by Gasteiger charge is -2.24. The number of Topliss-reactive ketones (excluding diaryl/α,β-unsaturated/α-hetero) is 2. The number of phenolic OH excluding ortho intramolecular Hbond substituents is 1. The van der Waals surface area contributed by atoms with Crippen LogP contribution in [0.25, 0.3) is 0 Å². The molecule has 3 rings (SSSR count). The molecule has 10 heteroatoms. The maximum atomic E-state index is 12.5. The molecule has 258 valence electrons. The van der Waals surface area contributed by atoms with E-state index in [1.807, 2.05) is 38.1 Å². The number of methoxy groups -OCH3 is 2. The van der Waals surface area contributed by atoms with Crippen molar-refractivity contribution < 1.29 is 38.5 Å². The molecule has 0 aliphatic carbocycles. The van der Waals surface area contributed by atoms with Crippen molar-refractivity contribution >= 4 is 47.0 Å². The lowest BCUT2D eigenvalue weighted by molar-refractivity contribution is -0.148. The van der Waals surface area contributed by atoms with Gasteiger partial charge in [-0.25, -0.2) is 0 Å². The number of phenols is 1. The van der Waals surface area contributed by atoms with Crippen molar-refractivity contribution in [3.05, 3.63) is 82.9 Å². The maximum absolute atomic E-state index is 12.5. The second-order valence-electron chi connectivity index (χ2n) is 11.7. The first-order chi connectivity index (χ1) is 23.0. The molecule has 3 atom stereocenters. The highest BCUT2D eigenvalue weighted by atomic mass is 32.2. The van der Waals surface area contributed by atoms with E-state index in [-0.39, 0.29) is 47.3 Å². The Morgan fingerprint density at radius 1 is 0.875 bits per heavy atom. The lowest BCUT2D eigenvalue weighted by atomic mass is 9.97. The number of carbonyl (C=O) groups excluding carboxylic acids is 4. The number of carbonyl (C=O) groups is 4. The summed E-state index contributed by atoms with van der Waals surface area (Å²) in [6, 6.07) is 19.5. The van der Waals surface area contributed by atoms with Crippen LogP contribution in [0, 0.1) is 11.8 Å². The topological polar surface area (TPSA) is 116 Å². The fraction of sp³-hybridized carbons (Fsp3) is 0.421. The van der Waals surface area contributed by atoms with Gasteiger partial charge < -0.3 is 19.3 Å². The molecule has 0 spiro atoms. The Bertz CT molecular complexity index is 1540. The van der Waals surface area contributed by atoms with Gasteiger partial charge in [-0.05, 0) is 80.1 Å². The number of esters is 2. The van der Waals surface area contributed by atoms with Crippen molar-refractivity contribution in [2.45, 2.75) is 74.8 Å². The minimum Gasteiger partial charge on any atom is -0.507 e. The van der Waals surface area contributed by atoms with Gasteiger partial charge >= 0.3 is 11.9 Å². The Labute approximate surface area is 292 Å². The number of thioether (sulfide) groups is 2. The second-order valence-corrected chi connectivity index (χ2v) is 14.1. The zero-order valence-electron chi connectivity index (χ0n) is 28.6. The van der Waals surface area contributed by atoms with E-state index in [4.69, 9.17) is 14.2 Å². The van der Waals surface area contributed by atoms with Crippen LogP contribution in [0.2, 0.25) is 0 Å². The molecule has 0 heterocycles. The molecule has 0 fully saturated rings. The van der Waals surface area contributed by atoms with Crippen LogP contribution in [0.1, 0.15) is 79.3 Å². The van der Waals surface area contributed by atoms with Crippen molar-refractivity contribution in [1.29, 1.82) is 0 Å². The lowest BCUT2D eigenvalue weighted by Crippen LogP contribution is -2.23. The van der Waals surface area contributed by atoms with Gasteiger partial charge in [-0.2, -0.15) is 0 Å². The van der Waals surface area contributed by atoms with E-state index in [2.05, 4.69) is 24.3 Å². The summed E-state index contributed by atoms with van der Waals surface area (Å²) in [6.45, 7) is 7.55. The molecule has 0 saturated heterocycles. The van der Waals surface area contributed by atoms with Gasteiger partial charge in [-0.1, -0.05) is 44.5 Å². The molecule has 3 unspecified atom stereocenters. The Balaban J connectivity index is 1.62. The fourth-order valence-corrected chi connectivity index (χ4v) is 7.21. The van der Waals surface area contributed by atoms with Crippen LogP contribution in [0.4, 0.5) is 0 Å². The Morgan fingerprint density at radius 3 is 2.15 bits per heavy atom. The van der Waals surface area contributed by atoms with E-state index >= 15 is 0 Å². The van der Waals surface area contributed by atoms with Crippen molar-refractivity contribution in [3.8, 4) is 11.5 Å². The molecule has 3 aromatic rings. The van der Waals surface area contributed by atoms with Crippen LogP contribution in [0.3, 0.4) is 0 Å². The summed E-state index contributed by atoms with van der Waals surface area (Å²) in [6.07, 6.45) is 2.67. The van der Waals surface area contributed by atoms with E-state index in [1.165, 1.54) is 21.1 Å². The standard InChI is InChI=1S/C38H46O8S2/c1-7-9-32-34(19-18-31(26(4)39)36(32)42)46-20-8-21-47-29-16-12-28(13-17-29)37(24(2)22-35(41)44-5)48-30-14-10-27(11-15-30)23-33(40)25(3)38(43)45-6/h10-19,24-25,37,42H,7-9,20-23H2,1-6H3. The molecule has 0 aromatic heterocycles. The summed E-state index contributed by atoms with van der Waals surface area (Å²) in [4.78, 5) is 50.3. The summed E-state index contributed by atoms with van der Waals surface area (Å²) in [7, 11) is 2.67. The van der Waals surface area contributed by atoms with Gasteiger partial charge in [0.1, 0.15) is 17.4 Å². The van der Waals surface area contributed by atoms with E-state index in [9.17, 15) is 24.3 Å². The number of aromatic hydroxyl groups is 1. The van der Waals surface area contributed by atoms with Crippen molar-refractivity contribution in [1.82, 2.24) is 0 Å². The van der Waals surface area contributed by atoms with E-state index < -0.39 is 11.9 Å². The average molecular weight is 695 g/mol. The van der Waals surface area contributed by atoms with Crippen LogP contribution in [0.5, 0.6) is 11.5 Å². The predicted molar refractivity (Wildman–Crippen MR) is 190 cm³/mol. The van der Waals surface area contributed by atoms with Gasteiger partial charge in [0.15, 0.2) is 11.6 Å². The van der Waals surface area contributed by atoms with Crippen LogP contribution in [-0.4, -0.2) is 55.2 Å². The molecule has 8 nitrogen and oxygen atoms in total. The van der Waals surface area contributed by atoms with Crippen molar-refractivity contribution in [3.63, 3.8) is 0 Å². The Kier molecular flexibility index (Phi) is 15.5. The zero-order valence-corrected chi connectivity index (χ0v) is 30.2. The molecule has 0 amide bonds. The monoisotopic (exact) mass is 694 g/mol. The molecular weight excluding hydrogens is 649 g/mol. The summed E-state index contributed by atoms with van der Waals surface area (Å²) in [5.74, 6) is -0.514. The summed E-state index contributed by atoms with van der Waals surface area (Å²) in [5, 5.41) is 10.6. The van der Waals surface area contributed by atoms with Crippen LogP contribution >= 0.6 is 23.5 Å². The minimum atomic E-state index is -0.811. The van der Waals surface area contributed by atoms with Gasteiger partial charge in [0, 0.05) is 39.2 Å². The highest BCUT2D eigenvalue weighted by Gasteiger charge is 2.25. The number of hydrogen-bond donors (Lipinski definition) is 1. The normalized spacial score (nSPS) is 12.9. The molecule has 1 N–H and O–H groups in total. The SMILES string of the molecule is CCCc1c(OCCCSc2ccc(C(Sc3ccc(CC(=O)C(C)C(=O)OC)cc3)C(C)CC(=O)OC)cc2)ccc(C(C)=O)c1O. The third kappa shape index (κ3) is 11.2. The Hall–Kier alpha value is -3.76. The molecule has 48 heavy (non-hydrogen) atoms. The first-order valence-electron chi connectivity index (χ1n) is 16.1. The van der Waals surface area contributed by atoms with Gasteiger partial charge in [0.2, 0.25) is 0 Å². The smallest absolute Gasteiger partial charge is 0.315 e. The molecular formula is C38H46O8S2. The summed E-state index contributed by atoms with van der Waals surface area (Å²) < 4.78 is 15.6. The third-order valence-corrected chi connectivity index (χ3v) is 10.6. The summed E-state index contributed by atoms with van der Waals surface area (Å²) in [5.41, 5.74) is 2.90. The molecule has 3 aromatic carbocycles. The predicted octanol–water partition coefficient (Wildman–Crippen LogP) is 8.06. The fourth-order valence-electron chi connectivity index (χ4n) is 5.17. The van der Waals surface area contributed by atoms with Crippen molar-refractivity contribution in [2.75, 3.05) is 26.6 Å². The maximum Gasteiger partial charge on any atom is 0.315 e. The quantitative estimate of drug-likeness (QED) is 0.0434. The van der Waals surface area contributed by atoms with Gasteiger partial charge in [-0.15, -0.1) is 23.5 Å². The van der Waals surface area contributed by atoms with Crippen LogP contribution < -0.4 is 4.74 Å². The highest BCUT2D eigenvalue weighted by molar-refractivity contribution is 7.99. The van der Waals surface area contributed by atoms with E-state index in [1.54, 1.807) is 42.6 Å². The van der Waals surface area contributed by atoms with Gasteiger partial charge in [0.05, 0.1) is 26.4 Å². The molecule has 0 radical (unpaired) electrons. The first kappa shape index (κ1) is 38.7. The average Bonchev–Trinajstić information content (AvgIpc) is 3.08. The molecule has 0 aliphatic rings. The van der Waals surface area contributed by atoms with Crippen LogP contribution in [-0.2, 0) is 36.7 Å². The van der Waals surface area contributed by atoms with Gasteiger partial charge in [-0.3, -0.25) is 19.2 Å². The molecule has 0 saturated carbocycles. The molecule has 0 aliphatic heterocycles. The first-order valence-corrected chi connectivity index (χ1v) is 18.0. The van der Waals surface area contributed by atoms with Crippen molar-refractivity contribution in [2.24, 2.45) is 11.8 Å². The number of benzene rings is 3.